The van der Waals surface area contributed by atoms with E-state index in [0.717, 1.165) is 23.6 Å². The largest absolute Gasteiger partial charge is 0.396 e. The molecule has 0 bridgehead atoms. The summed E-state index contributed by atoms with van der Waals surface area (Å²) in [6.07, 6.45) is 2.92. The standard InChI is InChI=1S/C23H26ClNO3S/c24-20-8-6-19(7-9-20)23(28)10-12-25(13-11-23)17-21(29-15-14-26)16-22(27)18-4-2-1-3-5-18/h1-9,16,26,28H,10-15,17H2/b21-16-. The molecule has 0 spiro atoms. The highest BCUT2D eigenvalue weighted by atomic mass is 35.5. The molecule has 1 aliphatic rings. The fraction of sp³-hybridized carbons (Fsp3) is 0.348. The first kappa shape index (κ1) is 22.1. The van der Waals surface area contributed by atoms with Gasteiger partial charge in [0.15, 0.2) is 5.78 Å². The number of likely N-dealkylation sites (tertiary alicyclic amines) is 1. The minimum atomic E-state index is -0.844. The van der Waals surface area contributed by atoms with Crippen molar-refractivity contribution in [3.8, 4) is 0 Å². The van der Waals surface area contributed by atoms with Crippen molar-refractivity contribution in [1.82, 2.24) is 4.90 Å². The van der Waals surface area contributed by atoms with E-state index < -0.39 is 5.60 Å². The van der Waals surface area contributed by atoms with Crippen molar-refractivity contribution in [2.45, 2.75) is 18.4 Å². The lowest BCUT2D eigenvalue weighted by Gasteiger charge is -2.38. The topological polar surface area (TPSA) is 60.8 Å². The number of carbonyl (C=O) groups is 1. The van der Waals surface area contributed by atoms with Gasteiger partial charge in [0.1, 0.15) is 0 Å². The van der Waals surface area contributed by atoms with Crippen LogP contribution in [-0.2, 0) is 5.60 Å². The summed E-state index contributed by atoms with van der Waals surface area (Å²) >= 11 is 7.47. The van der Waals surface area contributed by atoms with Crippen LogP contribution in [0.25, 0.3) is 0 Å². The molecule has 0 radical (unpaired) electrons. The van der Waals surface area contributed by atoms with Gasteiger partial charge in [0.25, 0.3) is 0 Å². The Bertz CT molecular complexity index is 831. The Hall–Kier alpha value is -1.63. The van der Waals surface area contributed by atoms with Crippen molar-refractivity contribution in [3.63, 3.8) is 0 Å². The van der Waals surface area contributed by atoms with E-state index in [1.807, 2.05) is 42.5 Å². The number of aliphatic hydroxyl groups is 2. The van der Waals surface area contributed by atoms with E-state index in [1.54, 1.807) is 18.2 Å². The molecule has 1 saturated heterocycles. The lowest BCUT2D eigenvalue weighted by atomic mass is 9.84. The van der Waals surface area contributed by atoms with E-state index in [1.165, 1.54) is 11.8 Å². The molecule has 1 aliphatic heterocycles. The zero-order valence-electron chi connectivity index (χ0n) is 16.3. The summed E-state index contributed by atoms with van der Waals surface area (Å²) in [5, 5.41) is 20.9. The number of thioether (sulfide) groups is 1. The molecule has 2 aromatic rings. The van der Waals surface area contributed by atoms with Gasteiger partial charge < -0.3 is 10.2 Å². The van der Waals surface area contributed by atoms with Gasteiger partial charge in [-0.3, -0.25) is 9.69 Å². The van der Waals surface area contributed by atoms with Crippen LogP contribution in [0.2, 0.25) is 5.02 Å². The number of rotatable bonds is 8. The van der Waals surface area contributed by atoms with Gasteiger partial charge in [-0.05, 0) is 36.6 Å². The monoisotopic (exact) mass is 431 g/mol. The van der Waals surface area contributed by atoms with Crippen LogP contribution >= 0.6 is 23.4 Å². The predicted octanol–water partition coefficient (Wildman–Crippen LogP) is 4.12. The normalized spacial score (nSPS) is 17.3. The molecule has 1 fully saturated rings. The van der Waals surface area contributed by atoms with Crippen LogP contribution in [0.15, 0.2) is 65.6 Å². The highest BCUT2D eigenvalue weighted by molar-refractivity contribution is 8.03. The van der Waals surface area contributed by atoms with Crippen LogP contribution in [-0.4, -0.2) is 52.9 Å². The molecular weight excluding hydrogens is 406 g/mol. The SMILES string of the molecule is O=C(/C=C(/CN1CCC(O)(c2ccc(Cl)cc2)CC1)SCCO)c1ccccc1. The molecule has 154 valence electrons. The number of hydrogen-bond donors (Lipinski definition) is 2. The first-order chi connectivity index (χ1) is 14.0. The number of allylic oxidation sites excluding steroid dienone is 1. The third-order valence-corrected chi connectivity index (χ3v) is 6.43. The van der Waals surface area contributed by atoms with Crippen LogP contribution in [0.4, 0.5) is 0 Å². The molecule has 0 unspecified atom stereocenters. The molecule has 0 amide bonds. The maximum Gasteiger partial charge on any atom is 0.186 e. The molecule has 0 saturated carbocycles. The Kier molecular flexibility index (Phi) is 7.92. The third kappa shape index (κ3) is 6.17. The smallest absolute Gasteiger partial charge is 0.186 e. The van der Waals surface area contributed by atoms with E-state index in [-0.39, 0.29) is 12.4 Å². The maximum absolute atomic E-state index is 12.6. The summed E-state index contributed by atoms with van der Waals surface area (Å²) < 4.78 is 0. The predicted molar refractivity (Wildman–Crippen MR) is 119 cm³/mol. The van der Waals surface area contributed by atoms with Gasteiger partial charge in [0, 0.05) is 40.9 Å². The molecule has 1 heterocycles. The fourth-order valence-corrected chi connectivity index (χ4v) is 4.44. The average Bonchev–Trinajstić information content (AvgIpc) is 2.74. The Balaban J connectivity index is 1.64. The Morgan fingerprint density at radius 2 is 1.76 bits per heavy atom. The van der Waals surface area contributed by atoms with E-state index in [9.17, 15) is 15.0 Å². The fourth-order valence-electron chi connectivity index (χ4n) is 3.49. The number of carbonyl (C=O) groups excluding carboxylic acids is 1. The van der Waals surface area contributed by atoms with Gasteiger partial charge in [-0.2, -0.15) is 0 Å². The number of nitrogens with zero attached hydrogens (tertiary/aromatic N) is 1. The molecule has 3 rings (SSSR count). The highest BCUT2D eigenvalue weighted by Gasteiger charge is 2.34. The van der Waals surface area contributed by atoms with Gasteiger partial charge in [-0.15, -0.1) is 11.8 Å². The molecule has 2 N–H and O–H groups in total. The van der Waals surface area contributed by atoms with Crippen LogP contribution in [0.5, 0.6) is 0 Å². The molecule has 29 heavy (non-hydrogen) atoms. The first-order valence-electron chi connectivity index (χ1n) is 9.74. The minimum Gasteiger partial charge on any atom is -0.396 e. The molecule has 4 nitrogen and oxygen atoms in total. The molecule has 0 atom stereocenters. The van der Waals surface area contributed by atoms with Crippen LogP contribution in [0.1, 0.15) is 28.8 Å². The lowest BCUT2D eigenvalue weighted by molar-refractivity contribution is -0.0235. The van der Waals surface area contributed by atoms with Gasteiger partial charge in [0.2, 0.25) is 0 Å². The van der Waals surface area contributed by atoms with Gasteiger partial charge in [-0.1, -0.05) is 54.1 Å². The van der Waals surface area contributed by atoms with E-state index in [4.69, 9.17) is 11.6 Å². The summed E-state index contributed by atoms with van der Waals surface area (Å²) in [7, 11) is 0. The van der Waals surface area contributed by atoms with Crippen molar-refractivity contribution >= 4 is 29.1 Å². The second-order valence-corrected chi connectivity index (χ2v) is 8.89. The van der Waals surface area contributed by atoms with Gasteiger partial charge >= 0.3 is 0 Å². The minimum absolute atomic E-state index is 0.0271. The van der Waals surface area contributed by atoms with E-state index in [0.29, 0.717) is 35.7 Å². The molecular formula is C23H26ClNO3S. The zero-order chi connectivity index (χ0) is 20.7. The first-order valence-corrected chi connectivity index (χ1v) is 11.1. The summed E-state index contributed by atoms with van der Waals surface area (Å²) in [6, 6.07) is 16.6. The average molecular weight is 432 g/mol. The summed E-state index contributed by atoms with van der Waals surface area (Å²) in [4.78, 5) is 15.7. The second-order valence-electron chi connectivity index (χ2n) is 7.23. The molecule has 2 aromatic carbocycles. The Morgan fingerprint density at radius 1 is 1.10 bits per heavy atom. The number of benzene rings is 2. The Morgan fingerprint density at radius 3 is 2.38 bits per heavy atom. The lowest BCUT2D eigenvalue weighted by Crippen LogP contribution is -2.43. The van der Waals surface area contributed by atoms with Crippen LogP contribution in [0.3, 0.4) is 0 Å². The van der Waals surface area contributed by atoms with Crippen molar-refractivity contribution in [2.24, 2.45) is 0 Å². The van der Waals surface area contributed by atoms with Crippen molar-refractivity contribution in [1.29, 1.82) is 0 Å². The maximum atomic E-state index is 12.6. The van der Waals surface area contributed by atoms with Crippen LogP contribution < -0.4 is 0 Å². The number of aliphatic hydroxyl groups excluding tert-OH is 1. The number of halogens is 1. The number of hydrogen-bond acceptors (Lipinski definition) is 5. The van der Waals surface area contributed by atoms with Crippen molar-refractivity contribution in [2.75, 3.05) is 32.0 Å². The summed E-state index contributed by atoms with van der Waals surface area (Å²) in [6.45, 7) is 2.17. The number of ketones is 1. The summed E-state index contributed by atoms with van der Waals surface area (Å²) in [5.74, 6) is 0.525. The van der Waals surface area contributed by atoms with Gasteiger partial charge in [0.05, 0.1) is 12.2 Å². The third-order valence-electron chi connectivity index (χ3n) is 5.17. The molecule has 6 heteroatoms. The number of piperidine rings is 1. The Labute approximate surface area is 181 Å². The highest BCUT2D eigenvalue weighted by Crippen LogP contribution is 2.34. The van der Waals surface area contributed by atoms with E-state index >= 15 is 0 Å². The van der Waals surface area contributed by atoms with Crippen LogP contribution in [0, 0.1) is 0 Å². The van der Waals surface area contributed by atoms with Gasteiger partial charge in [-0.25, -0.2) is 0 Å². The summed E-state index contributed by atoms with van der Waals surface area (Å²) in [5.41, 5.74) is 0.708. The van der Waals surface area contributed by atoms with E-state index in [2.05, 4.69) is 4.90 Å². The second kappa shape index (κ2) is 10.4. The van der Waals surface area contributed by atoms with Crippen molar-refractivity contribution < 1.29 is 15.0 Å². The zero-order valence-corrected chi connectivity index (χ0v) is 17.8. The van der Waals surface area contributed by atoms with Crippen molar-refractivity contribution in [3.05, 3.63) is 81.7 Å². The molecule has 0 aromatic heterocycles. The quantitative estimate of drug-likeness (QED) is 0.486. The molecule has 0 aliphatic carbocycles.